The second kappa shape index (κ2) is 4.78. The minimum absolute atomic E-state index is 0.775. The van der Waals surface area contributed by atoms with Gasteiger partial charge in [-0.1, -0.05) is 6.07 Å². The molecule has 1 aromatic heterocycles. The molecule has 3 aliphatic carbocycles. The van der Waals surface area contributed by atoms with Crippen LogP contribution in [0.1, 0.15) is 44.1 Å². The summed E-state index contributed by atoms with van der Waals surface area (Å²) in [7, 11) is 0. The van der Waals surface area contributed by atoms with Crippen molar-refractivity contribution in [2.45, 2.75) is 57.2 Å². The smallest absolute Gasteiger partial charge is 0.128 e. The van der Waals surface area contributed by atoms with Gasteiger partial charge in [0.1, 0.15) is 5.82 Å². The summed E-state index contributed by atoms with van der Waals surface area (Å²) in [5.74, 6) is 2.14. The van der Waals surface area contributed by atoms with Crippen LogP contribution >= 0.6 is 0 Å². The van der Waals surface area contributed by atoms with Crippen LogP contribution < -0.4 is 10.2 Å². The Morgan fingerprint density at radius 2 is 1.95 bits per heavy atom. The Hall–Kier alpha value is -1.09. The Labute approximate surface area is 115 Å². The van der Waals surface area contributed by atoms with Gasteiger partial charge in [0.05, 0.1) is 0 Å². The first-order valence-corrected chi connectivity index (χ1v) is 7.83. The number of nitrogens with one attached hydrogen (secondary N) is 1. The largest absolute Gasteiger partial charge is 0.353 e. The SMILES string of the molecule is c1cc(N(CC2CC2)C2CC2)ncc1CNC1CC1. The molecule has 0 atom stereocenters. The third-order valence-electron chi connectivity index (χ3n) is 4.42. The topological polar surface area (TPSA) is 28.2 Å². The van der Waals surface area contributed by atoms with Gasteiger partial charge in [-0.2, -0.15) is 0 Å². The lowest BCUT2D eigenvalue weighted by Crippen LogP contribution is -2.28. The van der Waals surface area contributed by atoms with Crippen LogP contribution in [0.4, 0.5) is 5.82 Å². The van der Waals surface area contributed by atoms with E-state index in [2.05, 4.69) is 28.5 Å². The quantitative estimate of drug-likeness (QED) is 0.814. The molecule has 0 aromatic carbocycles. The van der Waals surface area contributed by atoms with E-state index in [-0.39, 0.29) is 0 Å². The van der Waals surface area contributed by atoms with Crippen LogP contribution in [0.25, 0.3) is 0 Å². The van der Waals surface area contributed by atoms with Crippen LogP contribution in [-0.4, -0.2) is 23.6 Å². The molecule has 1 heterocycles. The van der Waals surface area contributed by atoms with Crippen LogP contribution in [-0.2, 0) is 6.54 Å². The van der Waals surface area contributed by atoms with Crippen LogP contribution in [0.2, 0.25) is 0 Å². The predicted molar refractivity (Wildman–Crippen MR) is 77.2 cm³/mol. The molecule has 19 heavy (non-hydrogen) atoms. The maximum atomic E-state index is 4.71. The molecule has 0 aliphatic heterocycles. The van der Waals surface area contributed by atoms with Crippen molar-refractivity contribution in [2.75, 3.05) is 11.4 Å². The number of hydrogen-bond acceptors (Lipinski definition) is 3. The second-order valence-electron chi connectivity index (χ2n) is 6.51. The van der Waals surface area contributed by atoms with E-state index < -0.39 is 0 Å². The molecular weight excluding hydrogens is 234 g/mol. The van der Waals surface area contributed by atoms with Crippen LogP contribution in [0.5, 0.6) is 0 Å². The van der Waals surface area contributed by atoms with Gasteiger partial charge in [0.25, 0.3) is 0 Å². The van der Waals surface area contributed by atoms with Crippen LogP contribution in [0.15, 0.2) is 18.3 Å². The normalized spacial score (nSPS) is 22.5. The van der Waals surface area contributed by atoms with Gasteiger partial charge >= 0.3 is 0 Å². The van der Waals surface area contributed by atoms with E-state index in [1.807, 2.05) is 0 Å². The third-order valence-corrected chi connectivity index (χ3v) is 4.42. The summed E-state index contributed by atoms with van der Waals surface area (Å²) in [5, 5.41) is 3.55. The molecule has 0 amide bonds. The molecule has 0 radical (unpaired) electrons. The first kappa shape index (κ1) is 11.7. The van der Waals surface area contributed by atoms with Crippen molar-refractivity contribution in [3.63, 3.8) is 0 Å². The zero-order valence-corrected chi connectivity index (χ0v) is 11.5. The number of nitrogens with zero attached hydrogens (tertiary/aromatic N) is 2. The van der Waals surface area contributed by atoms with E-state index in [0.29, 0.717) is 0 Å². The minimum atomic E-state index is 0.775. The van der Waals surface area contributed by atoms with E-state index in [4.69, 9.17) is 4.98 Å². The molecule has 102 valence electrons. The highest BCUT2D eigenvalue weighted by Gasteiger charge is 2.34. The Kier molecular flexibility index (Phi) is 2.95. The van der Waals surface area contributed by atoms with Crippen molar-refractivity contribution in [3.8, 4) is 0 Å². The lowest BCUT2D eigenvalue weighted by molar-refractivity contribution is 0.682. The summed E-state index contributed by atoms with van der Waals surface area (Å²) in [6, 6.07) is 6.03. The van der Waals surface area contributed by atoms with Crippen molar-refractivity contribution in [1.29, 1.82) is 0 Å². The summed E-state index contributed by atoms with van der Waals surface area (Å²) >= 11 is 0. The first-order chi connectivity index (χ1) is 9.38. The van der Waals surface area contributed by atoms with Crippen LogP contribution in [0, 0.1) is 5.92 Å². The zero-order chi connectivity index (χ0) is 12.7. The Morgan fingerprint density at radius 1 is 1.11 bits per heavy atom. The second-order valence-corrected chi connectivity index (χ2v) is 6.51. The Balaban J connectivity index is 1.40. The predicted octanol–water partition coefficient (Wildman–Crippen LogP) is 2.71. The molecule has 3 saturated carbocycles. The monoisotopic (exact) mass is 257 g/mol. The van der Waals surface area contributed by atoms with E-state index in [0.717, 1.165) is 24.5 Å². The first-order valence-electron chi connectivity index (χ1n) is 7.83. The molecule has 0 saturated heterocycles. The van der Waals surface area contributed by atoms with Gasteiger partial charge in [-0.15, -0.1) is 0 Å². The highest BCUT2D eigenvalue weighted by molar-refractivity contribution is 5.42. The molecule has 1 N–H and O–H groups in total. The summed E-state index contributed by atoms with van der Waals surface area (Å²) in [6.45, 7) is 2.21. The molecule has 3 nitrogen and oxygen atoms in total. The fourth-order valence-corrected chi connectivity index (χ4v) is 2.64. The lowest BCUT2D eigenvalue weighted by atomic mass is 10.2. The maximum Gasteiger partial charge on any atom is 0.128 e. The van der Waals surface area contributed by atoms with Crippen molar-refractivity contribution >= 4 is 5.82 Å². The number of anilines is 1. The van der Waals surface area contributed by atoms with Crippen LogP contribution in [0.3, 0.4) is 0 Å². The average molecular weight is 257 g/mol. The van der Waals surface area contributed by atoms with Gasteiger partial charge in [0.2, 0.25) is 0 Å². The van der Waals surface area contributed by atoms with E-state index in [1.54, 1.807) is 0 Å². The minimum Gasteiger partial charge on any atom is -0.353 e. The maximum absolute atomic E-state index is 4.71. The Morgan fingerprint density at radius 3 is 2.53 bits per heavy atom. The summed E-state index contributed by atoms with van der Waals surface area (Å²) in [6.07, 6.45) is 10.3. The molecule has 3 fully saturated rings. The van der Waals surface area contributed by atoms with Gasteiger partial charge < -0.3 is 10.2 Å². The summed E-state index contributed by atoms with van der Waals surface area (Å²) < 4.78 is 0. The molecule has 3 heteroatoms. The van der Waals surface area contributed by atoms with E-state index in [9.17, 15) is 0 Å². The molecule has 0 bridgehead atoms. The Bertz CT molecular complexity index is 430. The number of aromatic nitrogens is 1. The standard InChI is InChI=1S/C16H23N3/c1-2-12(1)11-19(15-6-7-15)16-8-3-13(10-18-16)9-17-14-4-5-14/h3,8,10,12,14-15,17H,1-2,4-7,9,11H2. The zero-order valence-electron chi connectivity index (χ0n) is 11.5. The third kappa shape index (κ3) is 3.08. The van der Waals surface area contributed by atoms with E-state index in [1.165, 1.54) is 56.5 Å². The number of hydrogen-bond donors (Lipinski definition) is 1. The highest BCUT2D eigenvalue weighted by atomic mass is 15.2. The molecule has 4 rings (SSSR count). The van der Waals surface area contributed by atoms with Crippen molar-refractivity contribution in [2.24, 2.45) is 5.92 Å². The summed E-state index contributed by atoms with van der Waals surface area (Å²) in [5.41, 5.74) is 1.32. The van der Waals surface area contributed by atoms with Crippen molar-refractivity contribution in [3.05, 3.63) is 23.9 Å². The van der Waals surface area contributed by atoms with Crippen molar-refractivity contribution < 1.29 is 0 Å². The number of pyridine rings is 1. The van der Waals surface area contributed by atoms with Gasteiger partial charge in [-0.05, 0) is 56.1 Å². The molecule has 0 spiro atoms. The lowest BCUT2D eigenvalue weighted by Gasteiger charge is -2.23. The van der Waals surface area contributed by atoms with E-state index >= 15 is 0 Å². The molecule has 1 aromatic rings. The highest BCUT2D eigenvalue weighted by Crippen LogP contribution is 2.36. The van der Waals surface area contributed by atoms with Crippen molar-refractivity contribution in [1.82, 2.24) is 10.3 Å². The molecule has 0 unspecified atom stereocenters. The summed E-state index contributed by atoms with van der Waals surface area (Å²) in [4.78, 5) is 7.26. The fraction of sp³-hybridized carbons (Fsp3) is 0.688. The number of rotatable bonds is 7. The average Bonchev–Trinajstić information content (AvgIpc) is 3.29. The van der Waals surface area contributed by atoms with Gasteiger partial charge in [-0.3, -0.25) is 0 Å². The molecular formula is C16H23N3. The van der Waals surface area contributed by atoms with Gasteiger partial charge in [0, 0.05) is 31.4 Å². The van der Waals surface area contributed by atoms with Gasteiger partial charge in [0.15, 0.2) is 0 Å². The molecule has 3 aliphatic rings. The fourth-order valence-electron chi connectivity index (χ4n) is 2.64. The van der Waals surface area contributed by atoms with Gasteiger partial charge in [-0.25, -0.2) is 4.98 Å².